The Labute approximate surface area is 188 Å². The van der Waals surface area contributed by atoms with Crippen LogP contribution in [0.1, 0.15) is 31.3 Å². The summed E-state index contributed by atoms with van der Waals surface area (Å²) in [6.07, 6.45) is 1.12. The van der Waals surface area contributed by atoms with Crippen LogP contribution < -0.4 is 15.5 Å². The molecule has 0 unspecified atom stereocenters. The third kappa shape index (κ3) is 2.82. The molecule has 8 nitrogen and oxygen atoms in total. The van der Waals surface area contributed by atoms with Gasteiger partial charge in [-0.15, -0.1) is 0 Å². The molecule has 5 heterocycles. The lowest BCUT2D eigenvalue weighted by Crippen LogP contribution is -2.65. The van der Waals surface area contributed by atoms with Gasteiger partial charge in [-0.1, -0.05) is 0 Å². The van der Waals surface area contributed by atoms with Crippen molar-refractivity contribution in [3.8, 4) is 6.07 Å². The highest BCUT2D eigenvalue weighted by molar-refractivity contribution is 5.87. The molecule has 0 aliphatic carbocycles. The van der Waals surface area contributed by atoms with Crippen LogP contribution >= 0.6 is 0 Å². The molecule has 168 valence electrons. The lowest BCUT2D eigenvalue weighted by atomic mass is 9.93. The fourth-order valence-corrected chi connectivity index (χ4v) is 5.15. The van der Waals surface area contributed by atoms with Crippen LogP contribution in [0.25, 0.3) is 16.4 Å². The van der Waals surface area contributed by atoms with E-state index in [4.69, 9.17) is 5.73 Å². The number of nitrogens with two attached hydrogens (primary N) is 1. The molecule has 2 N–H and O–H groups in total. The third-order valence-corrected chi connectivity index (χ3v) is 6.63. The first-order valence-electron chi connectivity index (χ1n) is 10.8. The van der Waals surface area contributed by atoms with E-state index in [1.807, 2.05) is 40.5 Å². The highest BCUT2D eigenvalue weighted by Gasteiger charge is 2.37. The Bertz CT molecular complexity index is 1470. The SMILES string of the molecule is C[C@@H]1CN(c2ccc(C#N)n3ncc(F)c23)Cc2c3ccc(N4CC(C)(N)C4)c(F)c3nn21. The Morgan fingerprint density at radius 1 is 1.15 bits per heavy atom. The maximum absolute atomic E-state index is 15.5. The number of aromatic nitrogens is 4. The first-order chi connectivity index (χ1) is 15.8. The monoisotopic (exact) mass is 448 g/mol. The number of halogens is 2. The van der Waals surface area contributed by atoms with Crippen molar-refractivity contribution in [3.63, 3.8) is 0 Å². The second-order valence-corrected chi connectivity index (χ2v) is 9.39. The topological polar surface area (TPSA) is 91.4 Å². The number of pyridine rings is 1. The van der Waals surface area contributed by atoms with Crippen LogP contribution in [0.2, 0.25) is 0 Å². The zero-order valence-electron chi connectivity index (χ0n) is 18.3. The van der Waals surface area contributed by atoms with Gasteiger partial charge in [0.25, 0.3) is 0 Å². The number of hydrogen-bond donors (Lipinski definition) is 1. The van der Waals surface area contributed by atoms with Crippen molar-refractivity contribution in [1.29, 1.82) is 5.26 Å². The average Bonchev–Trinajstić information content (AvgIpc) is 3.34. The van der Waals surface area contributed by atoms with E-state index in [9.17, 15) is 9.65 Å². The van der Waals surface area contributed by atoms with Crippen molar-refractivity contribution in [1.82, 2.24) is 19.4 Å². The Hall–Kier alpha value is -3.71. The largest absolute Gasteiger partial charge is 0.365 e. The van der Waals surface area contributed by atoms with Crippen molar-refractivity contribution >= 4 is 27.8 Å². The van der Waals surface area contributed by atoms with Gasteiger partial charge in [-0.05, 0) is 38.1 Å². The molecular weight excluding hydrogens is 426 g/mol. The first kappa shape index (κ1) is 19.9. The van der Waals surface area contributed by atoms with E-state index >= 15 is 4.39 Å². The predicted octanol–water partition coefficient (Wildman–Crippen LogP) is 2.95. The van der Waals surface area contributed by atoms with Crippen LogP contribution in [0.5, 0.6) is 0 Å². The van der Waals surface area contributed by atoms with E-state index < -0.39 is 5.82 Å². The Morgan fingerprint density at radius 3 is 2.64 bits per heavy atom. The van der Waals surface area contributed by atoms with Gasteiger partial charge in [0, 0.05) is 30.6 Å². The lowest BCUT2D eigenvalue weighted by Gasteiger charge is -2.47. The van der Waals surface area contributed by atoms with Gasteiger partial charge < -0.3 is 15.5 Å². The molecule has 3 aromatic heterocycles. The summed E-state index contributed by atoms with van der Waals surface area (Å²) >= 11 is 0. The van der Waals surface area contributed by atoms with E-state index in [0.717, 1.165) is 17.3 Å². The van der Waals surface area contributed by atoms with Crippen molar-refractivity contribution in [2.45, 2.75) is 32.0 Å². The van der Waals surface area contributed by atoms with Gasteiger partial charge in [-0.3, -0.25) is 4.68 Å². The van der Waals surface area contributed by atoms with Crippen molar-refractivity contribution < 1.29 is 8.78 Å². The number of nitrogens with zero attached hydrogens (tertiary/aromatic N) is 7. The fourth-order valence-electron chi connectivity index (χ4n) is 5.15. The molecule has 0 spiro atoms. The minimum absolute atomic E-state index is 0.0676. The van der Waals surface area contributed by atoms with E-state index in [0.29, 0.717) is 43.1 Å². The van der Waals surface area contributed by atoms with Gasteiger partial charge in [0.15, 0.2) is 11.6 Å². The minimum Gasteiger partial charge on any atom is -0.365 e. The highest BCUT2D eigenvalue weighted by Crippen LogP contribution is 2.37. The van der Waals surface area contributed by atoms with Crippen LogP contribution in [-0.4, -0.2) is 44.6 Å². The number of nitriles is 1. The molecule has 2 aliphatic rings. The Morgan fingerprint density at radius 2 is 1.91 bits per heavy atom. The summed E-state index contributed by atoms with van der Waals surface area (Å²) < 4.78 is 33.3. The molecule has 33 heavy (non-hydrogen) atoms. The zero-order chi connectivity index (χ0) is 23.1. The number of benzene rings is 1. The average molecular weight is 448 g/mol. The van der Waals surface area contributed by atoms with Crippen LogP contribution in [0.15, 0.2) is 30.5 Å². The van der Waals surface area contributed by atoms with Crippen LogP contribution in [0.4, 0.5) is 20.2 Å². The van der Waals surface area contributed by atoms with Gasteiger partial charge in [0.1, 0.15) is 22.8 Å². The molecule has 0 bridgehead atoms. The summed E-state index contributed by atoms with van der Waals surface area (Å²) in [6, 6.07) is 9.04. The fraction of sp³-hybridized carbons (Fsp3) is 0.348. The molecule has 10 heteroatoms. The molecule has 1 atom stereocenters. The molecule has 0 amide bonds. The molecular formula is C23H22F2N8. The van der Waals surface area contributed by atoms with E-state index in [2.05, 4.69) is 10.2 Å². The van der Waals surface area contributed by atoms with Gasteiger partial charge >= 0.3 is 0 Å². The van der Waals surface area contributed by atoms with Crippen molar-refractivity contribution in [3.05, 3.63) is 53.5 Å². The summed E-state index contributed by atoms with van der Waals surface area (Å²) in [7, 11) is 0. The number of anilines is 2. The summed E-state index contributed by atoms with van der Waals surface area (Å²) in [5.74, 6) is -0.831. The van der Waals surface area contributed by atoms with Gasteiger partial charge in [0.2, 0.25) is 0 Å². The van der Waals surface area contributed by atoms with Gasteiger partial charge in [0.05, 0.1) is 35.9 Å². The molecule has 4 aromatic rings. The van der Waals surface area contributed by atoms with E-state index in [1.54, 1.807) is 18.2 Å². The normalized spacial score (nSPS) is 19.6. The summed E-state index contributed by atoms with van der Waals surface area (Å²) in [5.41, 5.74) is 8.66. The maximum Gasteiger partial charge on any atom is 0.174 e. The number of hydrogen-bond acceptors (Lipinski definition) is 6. The molecule has 1 saturated heterocycles. The molecule has 1 aromatic carbocycles. The van der Waals surface area contributed by atoms with Crippen molar-refractivity contribution in [2.75, 3.05) is 29.4 Å². The van der Waals surface area contributed by atoms with Crippen LogP contribution in [-0.2, 0) is 6.54 Å². The summed E-state index contributed by atoms with van der Waals surface area (Å²) in [5, 5.41) is 18.7. The maximum atomic E-state index is 15.5. The van der Waals surface area contributed by atoms with Crippen LogP contribution in [0.3, 0.4) is 0 Å². The highest BCUT2D eigenvalue weighted by atomic mass is 19.1. The third-order valence-electron chi connectivity index (χ3n) is 6.63. The zero-order valence-corrected chi connectivity index (χ0v) is 18.3. The second kappa shape index (κ2) is 6.65. The summed E-state index contributed by atoms with van der Waals surface area (Å²) in [4.78, 5) is 3.96. The quantitative estimate of drug-likeness (QED) is 0.507. The second-order valence-electron chi connectivity index (χ2n) is 9.39. The number of fused-ring (bicyclic) bond motifs is 4. The smallest absolute Gasteiger partial charge is 0.174 e. The minimum atomic E-state index is -0.490. The molecule has 1 fully saturated rings. The Kier molecular flexibility index (Phi) is 4.02. The Balaban J connectivity index is 1.43. The van der Waals surface area contributed by atoms with E-state index in [-0.39, 0.29) is 28.6 Å². The first-order valence-corrected chi connectivity index (χ1v) is 10.8. The van der Waals surface area contributed by atoms with Gasteiger partial charge in [-0.2, -0.15) is 15.5 Å². The van der Waals surface area contributed by atoms with E-state index in [1.165, 1.54) is 4.52 Å². The predicted molar refractivity (Wildman–Crippen MR) is 120 cm³/mol. The lowest BCUT2D eigenvalue weighted by molar-refractivity contribution is 0.362. The van der Waals surface area contributed by atoms with Crippen LogP contribution in [0, 0.1) is 23.0 Å². The molecule has 6 rings (SSSR count). The standard InChI is InChI=1S/C23H22F2N8/c1-13-9-30(18-5-3-14(7-26)33-22(18)16(24)8-28-33)10-19-15-4-6-17(31-11-23(2,27)12-31)20(25)21(15)29-32(13)19/h3-6,8,13H,9-12,27H2,1-2H3/t13-/m1/s1. The molecule has 2 aliphatic heterocycles. The van der Waals surface area contributed by atoms with Crippen molar-refractivity contribution in [2.24, 2.45) is 5.73 Å². The molecule has 0 saturated carbocycles. The van der Waals surface area contributed by atoms with Gasteiger partial charge in [-0.25, -0.2) is 13.3 Å². The summed E-state index contributed by atoms with van der Waals surface area (Å²) in [6.45, 7) is 6.13. The number of rotatable bonds is 2. The molecule has 0 radical (unpaired) electrons.